The van der Waals surface area contributed by atoms with E-state index in [1.165, 1.54) is 34.8 Å². The summed E-state index contributed by atoms with van der Waals surface area (Å²) in [6.07, 6.45) is 8.43. The molecule has 16 heavy (non-hydrogen) atoms. The first-order valence-corrected chi connectivity index (χ1v) is 6.86. The van der Waals surface area contributed by atoms with Gasteiger partial charge in [-0.3, -0.25) is 0 Å². The summed E-state index contributed by atoms with van der Waals surface area (Å²) in [5, 5.41) is 4.75. The number of aryl methyl sites for hydroxylation is 2. The van der Waals surface area contributed by atoms with Gasteiger partial charge < -0.3 is 5.32 Å². The van der Waals surface area contributed by atoms with Gasteiger partial charge in [0, 0.05) is 11.4 Å². The number of allylic oxidation sites excluding steroid dienone is 2. The van der Waals surface area contributed by atoms with Crippen molar-refractivity contribution < 1.29 is 0 Å². The second kappa shape index (κ2) is 5.60. The summed E-state index contributed by atoms with van der Waals surface area (Å²) in [6.45, 7) is 6.28. The first-order chi connectivity index (χ1) is 7.75. The minimum absolute atomic E-state index is 0.826. The number of thiazole rings is 1. The molecule has 1 unspecified atom stereocenters. The molecule has 1 N–H and O–H groups in total. The van der Waals surface area contributed by atoms with Gasteiger partial charge in [0.1, 0.15) is 5.01 Å². The highest BCUT2D eigenvalue weighted by atomic mass is 32.1. The van der Waals surface area contributed by atoms with E-state index in [1.54, 1.807) is 0 Å². The summed E-state index contributed by atoms with van der Waals surface area (Å²) >= 11 is 1.81. The highest BCUT2D eigenvalue weighted by Crippen LogP contribution is 2.18. The van der Waals surface area contributed by atoms with Crippen LogP contribution in [0.3, 0.4) is 0 Å². The van der Waals surface area contributed by atoms with E-state index in [4.69, 9.17) is 0 Å². The Morgan fingerprint density at radius 3 is 2.94 bits per heavy atom. The molecule has 0 fully saturated rings. The minimum atomic E-state index is 0.826. The van der Waals surface area contributed by atoms with Crippen LogP contribution in [0, 0.1) is 19.8 Å². The molecule has 0 spiro atoms. The molecule has 0 radical (unpaired) electrons. The molecule has 2 rings (SSSR count). The lowest BCUT2D eigenvalue weighted by Gasteiger charge is -2.17. The van der Waals surface area contributed by atoms with Crippen LogP contribution in [0.5, 0.6) is 0 Å². The van der Waals surface area contributed by atoms with Crippen LogP contribution in [0.1, 0.15) is 34.8 Å². The lowest BCUT2D eigenvalue weighted by Crippen LogP contribution is -2.23. The van der Waals surface area contributed by atoms with Crippen molar-refractivity contribution in [1.29, 1.82) is 0 Å². The Labute approximate surface area is 102 Å². The highest BCUT2D eigenvalue weighted by molar-refractivity contribution is 7.11. The molecule has 0 aliphatic heterocycles. The van der Waals surface area contributed by atoms with E-state index >= 15 is 0 Å². The van der Waals surface area contributed by atoms with Gasteiger partial charge in [-0.05, 0) is 45.6 Å². The molecule has 0 bridgehead atoms. The fraction of sp³-hybridized carbons (Fsp3) is 0.615. The van der Waals surface area contributed by atoms with E-state index in [1.807, 2.05) is 11.3 Å². The largest absolute Gasteiger partial charge is 0.310 e. The molecule has 0 amide bonds. The average Bonchev–Trinajstić information content (AvgIpc) is 2.60. The Morgan fingerprint density at radius 2 is 2.31 bits per heavy atom. The van der Waals surface area contributed by atoms with Gasteiger partial charge in [0.15, 0.2) is 0 Å². The molecule has 1 aliphatic rings. The number of hydrogen-bond acceptors (Lipinski definition) is 3. The number of aromatic nitrogens is 1. The zero-order chi connectivity index (χ0) is 11.4. The third-order valence-electron chi connectivity index (χ3n) is 3.16. The molecule has 88 valence electrons. The van der Waals surface area contributed by atoms with Gasteiger partial charge in [-0.1, -0.05) is 12.2 Å². The molecule has 1 aromatic rings. The average molecular weight is 236 g/mol. The van der Waals surface area contributed by atoms with Gasteiger partial charge in [-0.25, -0.2) is 4.98 Å². The second-order valence-electron chi connectivity index (χ2n) is 4.53. The van der Waals surface area contributed by atoms with Gasteiger partial charge in [0.2, 0.25) is 0 Å². The Kier molecular flexibility index (Phi) is 4.13. The van der Waals surface area contributed by atoms with Crippen molar-refractivity contribution in [2.24, 2.45) is 5.92 Å². The predicted octanol–water partition coefficient (Wildman–Crippen LogP) is 3.21. The van der Waals surface area contributed by atoms with E-state index in [2.05, 4.69) is 36.3 Å². The van der Waals surface area contributed by atoms with Gasteiger partial charge >= 0.3 is 0 Å². The fourth-order valence-electron chi connectivity index (χ4n) is 2.04. The van der Waals surface area contributed by atoms with Crippen LogP contribution in [0.4, 0.5) is 0 Å². The molecule has 1 heterocycles. The van der Waals surface area contributed by atoms with Crippen LogP contribution >= 0.6 is 11.3 Å². The summed E-state index contributed by atoms with van der Waals surface area (Å²) in [5.41, 5.74) is 1.18. The number of nitrogens with zero attached hydrogens (tertiary/aromatic N) is 1. The predicted molar refractivity (Wildman–Crippen MR) is 69.8 cm³/mol. The Bertz CT molecular complexity index is 349. The fourth-order valence-corrected chi connectivity index (χ4v) is 2.94. The van der Waals surface area contributed by atoms with Crippen LogP contribution in [0.2, 0.25) is 0 Å². The lowest BCUT2D eigenvalue weighted by molar-refractivity contribution is 0.440. The van der Waals surface area contributed by atoms with E-state index in [9.17, 15) is 0 Å². The van der Waals surface area contributed by atoms with Gasteiger partial charge in [0.05, 0.1) is 5.69 Å². The van der Waals surface area contributed by atoms with Gasteiger partial charge in [-0.2, -0.15) is 0 Å². The molecular formula is C13H20N2S. The van der Waals surface area contributed by atoms with Crippen LogP contribution < -0.4 is 5.32 Å². The van der Waals surface area contributed by atoms with Crippen LogP contribution in [-0.4, -0.2) is 11.5 Å². The molecule has 1 atom stereocenters. The Morgan fingerprint density at radius 1 is 1.44 bits per heavy atom. The maximum atomic E-state index is 4.53. The normalized spacial score (nSPS) is 20.2. The number of rotatable bonds is 4. The van der Waals surface area contributed by atoms with Crippen molar-refractivity contribution >= 4 is 11.3 Å². The molecule has 1 aliphatic carbocycles. The maximum absolute atomic E-state index is 4.53. The summed E-state index contributed by atoms with van der Waals surface area (Å²) in [5.74, 6) is 0.826. The Balaban J connectivity index is 1.73. The zero-order valence-corrected chi connectivity index (χ0v) is 10.9. The summed E-state index contributed by atoms with van der Waals surface area (Å²) in [7, 11) is 0. The van der Waals surface area contributed by atoms with Crippen LogP contribution in [0.15, 0.2) is 12.2 Å². The monoisotopic (exact) mass is 236 g/mol. The molecule has 0 saturated heterocycles. The molecule has 0 saturated carbocycles. The quantitative estimate of drug-likeness (QED) is 0.812. The first-order valence-electron chi connectivity index (χ1n) is 6.04. The van der Waals surface area contributed by atoms with Crippen molar-refractivity contribution in [3.8, 4) is 0 Å². The van der Waals surface area contributed by atoms with Crippen molar-refractivity contribution in [2.45, 2.75) is 39.7 Å². The van der Waals surface area contributed by atoms with Crippen molar-refractivity contribution in [1.82, 2.24) is 10.3 Å². The molecule has 1 aromatic heterocycles. The zero-order valence-electron chi connectivity index (χ0n) is 10.1. The second-order valence-corrected chi connectivity index (χ2v) is 5.82. The van der Waals surface area contributed by atoms with Gasteiger partial charge in [-0.15, -0.1) is 11.3 Å². The van der Waals surface area contributed by atoms with E-state index < -0.39 is 0 Å². The van der Waals surface area contributed by atoms with Crippen LogP contribution in [-0.2, 0) is 6.54 Å². The third-order valence-corrected chi connectivity index (χ3v) is 4.23. The smallest absolute Gasteiger partial charge is 0.107 e. The van der Waals surface area contributed by atoms with E-state index in [0.29, 0.717) is 0 Å². The van der Waals surface area contributed by atoms with Crippen LogP contribution in [0.25, 0.3) is 0 Å². The SMILES string of the molecule is Cc1nc(CNCC2CC=CCC2)sc1C. The molecule has 3 heteroatoms. The standard InChI is InChI=1S/C13H20N2S/c1-10-11(2)16-13(15-10)9-14-8-12-6-4-3-5-7-12/h3-4,12,14H,5-9H2,1-2H3. The number of hydrogen-bond donors (Lipinski definition) is 1. The third kappa shape index (κ3) is 3.16. The molecular weight excluding hydrogens is 216 g/mol. The topological polar surface area (TPSA) is 24.9 Å². The van der Waals surface area contributed by atoms with E-state index in [0.717, 1.165) is 19.0 Å². The summed E-state index contributed by atoms with van der Waals surface area (Å²) < 4.78 is 0. The van der Waals surface area contributed by atoms with Crippen molar-refractivity contribution in [3.05, 3.63) is 27.7 Å². The highest BCUT2D eigenvalue weighted by Gasteiger charge is 2.09. The molecule has 0 aromatic carbocycles. The lowest BCUT2D eigenvalue weighted by atomic mass is 9.94. The first kappa shape index (κ1) is 11.8. The summed E-state index contributed by atoms with van der Waals surface area (Å²) in [4.78, 5) is 5.88. The van der Waals surface area contributed by atoms with E-state index in [-0.39, 0.29) is 0 Å². The molecule has 2 nitrogen and oxygen atoms in total. The van der Waals surface area contributed by atoms with Gasteiger partial charge in [0.25, 0.3) is 0 Å². The Hall–Kier alpha value is -0.670. The summed E-state index contributed by atoms with van der Waals surface area (Å²) in [6, 6.07) is 0. The van der Waals surface area contributed by atoms with Crippen molar-refractivity contribution in [3.63, 3.8) is 0 Å². The minimum Gasteiger partial charge on any atom is -0.310 e. The number of nitrogens with one attached hydrogen (secondary N) is 1. The van der Waals surface area contributed by atoms with Crippen molar-refractivity contribution in [2.75, 3.05) is 6.54 Å². The maximum Gasteiger partial charge on any atom is 0.107 e.